The normalized spacial score (nSPS) is 36.3. The lowest BCUT2D eigenvalue weighted by Gasteiger charge is -2.26. The van der Waals surface area contributed by atoms with E-state index in [1.165, 1.54) is 6.42 Å². The maximum absolute atomic E-state index is 12.1. The summed E-state index contributed by atoms with van der Waals surface area (Å²) in [5, 5.41) is 12.1. The Morgan fingerprint density at radius 2 is 1.61 bits per heavy atom. The Bertz CT molecular complexity index is 321. The number of amides is 1. The van der Waals surface area contributed by atoms with Gasteiger partial charge in [0.25, 0.3) is 0 Å². The number of nitrogens with one attached hydrogen (secondary N) is 1. The predicted octanol–water partition coefficient (Wildman–Crippen LogP) is 2.18. The fraction of sp³-hybridized carbons (Fsp3) is 0.857. The molecule has 0 saturated heterocycles. The van der Waals surface area contributed by atoms with E-state index in [2.05, 4.69) is 12.2 Å². The summed E-state index contributed by atoms with van der Waals surface area (Å²) < 4.78 is 0. The molecule has 0 radical (unpaired) electrons. The van der Waals surface area contributed by atoms with Crippen LogP contribution in [-0.4, -0.2) is 23.0 Å². The van der Waals surface area contributed by atoms with Gasteiger partial charge in [-0.05, 0) is 50.9 Å². The smallest absolute Gasteiger partial charge is 0.306 e. The van der Waals surface area contributed by atoms with Gasteiger partial charge in [-0.25, -0.2) is 0 Å². The largest absolute Gasteiger partial charge is 0.481 e. The van der Waals surface area contributed by atoms with Crippen LogP contribution >= 0.6 is 0 Å². The molecule has 0 aromatic heterocycles. The van der Waals surface area contributed by atoms with Crippen molar-refractivity contribution in [1.82, 2.24) is 5.32 Å². The molecular formula is C14H23NO3. The van der Waals surface area contributed by atoms with Crippen LogP contribution in [0.5, 0.6) is 0 Å². The van der Waals surface area contributed by atoms with Gasteiger partial charge in [0.15, 0.2) is 0 Å². The number of carboxylic acid groups (broad SMARTS) is 1. The third kappa shape index (κ3) is 3.24. The Morgan fingerprint density at radius 3 is 2.11 bits per heavy atom. The Kier molecular flexibility index (Phi) is 4.25. The molecule has 2 aliphatic carbocycles. The Labute approximate surface area is 108 Å². The minimum atomic E-state index is -0.710. The molecule has 2 unspecified atom stereocenters. The van der Waals surface area contributed by atoms with Gasteiger partial charge in [-0.3, -0.25) is 9.59 Å². The van der Waals surface area contributed by atoms with Crippen molar-refractivity contribution in [3.63, 3.8) is 0 Å². The molecule has 2 N–H and O–H groups in total. The monoisotopic (exact) mass is 253 g/mol. The van der Waals surface area contributed by atoms with Crippen LogP contribution in [-0.2, 0) is 9.59 Å². The highest BCUT2D eigenvalue weighted by Gasteiger charge is 2.31. The van der Waals surface area contributed by atoms with E-state index in [9.17, 15) is 9.59 Å². The zero-order chi connectivity index (χ0) is 13.1. The number of carbonyl (C=O) groups is 2. The summed E-state index contributed by atoms with van der Waals surface area (Å²) in [5.41, 5.74) is 0. The van der Waals surface area contributed by atoms with Crippen LogP contribution in [0.3, 0.4) is 0 Å². The summed E-state index contributed by atoms with van der Waals surface area (Å²) >= 11 is 0. The lowest BCUT2D eigenvalue weighted by atomic mass is 9.81. The summed E-state index contributed by atoms with van der Waals surface area (Å²) in [4.78, 5) is 22.9. The van der Waals surface area contributed by atoms with E-state index < -0.39 is 5.97 Å². The second-order valence-corrected chi connectivity index (χ2v) is 6.01. The highest BCUT2D eigenvalue weighted by Crippen LogP contribution is 2.30. The zero-order valence-corrected chi connectivity index (χ0v) is 11.0. The van der Waals surface area contributed by atoms with Crippen LogP contribution in [0, 0.1) is 17.8 Å². The van der Waals surface area contributed by atoms with E-state index in [-0.39, 0.29) is 17.7 Å². The maximum Gasteiger partial charge on any atom is 0.306 e. The molecule has 4 nitrogen and oxygen atoms in total. The minimum Gasteiger partial charge on any atom is -0.481 e. The molecular weight excluding hydrogens is 230 g/mol. The van der Waals surface area contributed by atoms with Crippen LogP contribution in [0.2, 0.25) is 0 Å². The van der Waals surface area contributed by atoms with Gasteiger partial charge in [0.05, 0.1) is 5.92 Å². The third-order valence-electron chi connectivity index (χ3n) is 4.49. The molecule has 0 heterocycles. The van der Waals surface area contributed by atoms with Crippen LogP contribution in [0.1, 0.15) is 51.9 Å². The van der Waals surface area contributed by atoms with Crippen molar-refractivity contribution < 1.29 is 14.7 Å². The van der Waals surface area contributed by atoms with Crippen LogP contribution < -0.4 is 5.32 Å². The summed E-state index contributed by atoms with van der Waals surface area (Å²) in [6, 6.07) is 0.352. The number of carboxylic acids is 1. The van der Waals surface area contributed by atoms with Gasteiger partial charge in [0.1, 0.15) is 0 Å². The topological polar surface area (TPSA) is 66.4 Å². The van der Waals surface area contributed by atoms with Crippen molar-refractivity contribution in [2.24, 2.45) is 17.8 Å². The Balaban J connectivity index is 1.75. The molecule has 0 bridgehead atoms. The van der Waals surface area contributed by atoms with E-state index in [1.54, 1.807) is 0 Å². The molecule has 2 saturated carbocycles. The number of hydrogen-bond donors (Lipinski definition) is 2. The fourth-order valence-electron chi connectivity index (χ4n) is 3.26. The fourth-order valence-corrected chi connectivity index (χ4v) is 3.26. The van der Waals surface area contributed by atoms with Crippen LogP contribution in [0.25, 0.3) is 0 Å². The summed E-state index contributed by atoms with van der Waals surface area (Å²) in [6.07, 6.45) is 6.14. The second-order valence-electron chi connectivity index (χ2n) is 6.01. The van der Waals surface area contributed by atoms with Gasteiger partial charge in [0.2, 0.25) is 5.91 Å². The van der Waals surface area contributed by atoms with Gasteiger partial charge in [-0.1, -0.05) is 6.92 Å². The van der Waals surface area contributed by atoms with Gasteiger partial charge in [-0.15, -0.1) is 0 Å². The molecule has 4 heteroatoms. The van der Waals surface area contributed by atoms with E-state index in [0.29, 0.717) is 18.9 Å². The summed E-state index contributed by atoms with van der Waals surface area (Å²) in [5.74, 6) is -0.0356. The van der Waals surface area contributed by atoms with E-state index >= 15 is 0 Å². The number of carbonyl (C=O) groups excluding carboxylic acids is 1. The van der Waals surface area contributed by atoms with E-state index in [4.69, 9.17) is 5.11 Å². The van der Waals surface area contributed by atoms with Gasteiger partial charge < -0.3 is 10.4 Å². The number of aliphatic carboxylic acids is 1. The third-order valence-corrected chi connectivity index (χ3v) is 4.49. The molecule has 2 rings (SSSR count). The van der Waals surface area contributed by atoms with E-state index in [1.807, 2.05) is 0 Å². The summed E-state index contributed by atoms with van der Waals surface area (Å²) in [7, 11) is 0. The molecule has 1 amide bonds. The van der Waals surface area contributed by atoms with Gasteiger partial charge >= 0.3 is 5.97 Å². The molecule has 0 aromatic carbocycles. The first-order chi connectivity index (χ1) is 8.56. The first kappa shape index (κ1) is 13.4. The molecule has 18 heavy (non-hydrogen) atoms. The average Bonchev–Trinajstić information content (AvgIpc) is 2.75. The van der Waals surface area contributed by atoms with E-state index in [0.717, 1.165) is 31.6 Å². The lowest BCUT2D eigenvalue weighted by Crippen LogP contribution is -2.39. The van der Waals surface area contributed by atoms with Crippen molar-refractivity contribution in [2.75, 3.05) is 0 Å². The first-order valence-electron chi connectivity index (χ1n) is 7.09. The van der Waals surface area contributed by atoms with Crippen molar-refractivity contribution >= 4 is 11.9 Å². The lowest BCUT2D eigenvalue weighted by molar-refractivity contribution is -0.144. The Morgan fingerprint density at radius 1 is 1.00 bits per heavy atom. The van der Waals surface area contributed by atoms with Gasteiger partial charge in [-0.2, -0.15) is 0 Å². The molecule has 0 aromatic rings. The highest BCUT2D eigenvalue weighted by molar-refractivity contribution is 5.79. The first-order valence-corrected chi connectivity index (χ1v) is 7.09. The maximum atomic E-state index is 12.1. The van der Waals surface area contributed by atoms with Crippen LogP contribution in [0.15, 0.2) is 0 Å². The van der Waals surface area contributed by atoms with Crippen molar-refractivity contribution in [3.8, 4) is 0 Å². The molecule has 2 atom stereocenters. The van der Waals surface area contributed by atoms with Crippen molar-refractivity contribution in [3.05, 3.63) is 0 Å². The SMILES string of the molecule is CC1CCC(NC(=O)C2CCC(C(=O)O)CC2)C1. The minimum absolute atomic E-state index is 0.0384. The molecule has 102 valence electrons. The number of rotatable bonds is 3. The highest BCUT2D eigenvalue weighted by atomic mass is 16.4. The molecule has 0 spiro atoms. The van der Waals surface area contributed by atoms with Crippen molar-refractivity contribution in [1.29, 1.82) is 0 Å². The standard InChI is InChI=1S/C14H23NO3/c1-9-2-7-12(8-9)15-13(16)10-3-5-11(6-4-10)14(17)18/h9-12H,2-8H2,1H3,(H,15,16)(H,17,18). The van der Waals surface area contributed by atoms with Gasteiger partial charge in [0, 0.05) is 12.0 Å². The zero-order valence-electron chi connectivity index (χ0n) is 11.0. The quantitative estimate of drug-likeness (QED) is 0.810. The predicted molar refractivity (Wildman–Crippen MR) is 68.0 cm³/mol. The molecule has 2 fully saturated rings. The summed E-state index contributed by atoms with van der Waals surface area (Å²) in [6.45, 7) is 2.23. The van der Waals surface area contributed by atoms with Crippen molar-refractivity contribution in [2.45, 2.75) is 57.9 Å². The van der Waals surface area contributed by atoms with Crippen LogP contribution in [0.4, 0.5) is 0 Å². The number of hydrogen-bond acceptors (Lipinski definition) is 2. The molecule has 0 aliphatic heterocycles. The Hall–Kier alpha value is -1.06. The second kappa shape index (κ2) is 5.72. The average molecular weight is 253 g/mol. The molecule has 2 aliphatic rings.